The molecule has 0 aliphatic rings. The highest BCUT2D eigenvalue weighted by Gasteiger charge is 2.14. The summed E-state index contributed by atoms with van der Waals surface area (Å²) in [4.78, 5) is 20.6. The maximum absolute atomic E-state index is 10.7. The van der Waals surface area contributed by atoms with E-state index in [-0.39, 0.29) is 0 Å². The van der Waals surface area contributed by atoms with Gasteiger partial charge in [0, 0.05) is 43.3 Å². The van der Waals surface area contributed by atoms with Crippen LogP contribution in [0.2, 0.25) is 0 Å². The monoisotopic (exact) mass is 333 g/mol. The summed E-state index contributed by atoms with van der Waals surface area (Å²) < 4.78 is 0. The van der Waals surface area contributed by atoms with Crippen molar-refractivity contribution in [3.63, 3.8) is 0 Å². The lowest BCUT2D eigenvalue weighted by Gasteiger charge is -2.19. The number of aromatic amines is 1. The zero-order valence-corrected chi connectivity index (χ0v) is 14.7. The number of nitrogens with one attached hydrogen (secondary N) is 1. The number of H-pyrrole nitrogens is 1. The smallest absolute Gasteiger partial charge is 0.150 e. The van der Waals surface area contributed by atoms with Crippen LogP contribution in [0.15, 0.2) is 54.9 Å². The fourth-order valence-electron chi connectivity index (χ4n) is 3.09. The molecule has 1 aromatic heterocycles. The minimum Gasteiger partial charge on any atom is -0.377 e. The molecule has 4 nitrogen and oxygen atoms in total. The second kappa shape index (κ2) is 7.79. The Labute approximate surface area is 148 Å². The molecule has 4 heteroatoms. The molecule has 0 bridgehead atoms. The highest BCUT2D eigenvalue weighted by Crippen LogP contribution is 2.32. The number of aldehydes is 1. The van der Waals surface area contributed by atoms with Crippen molar-refractivity contribution in [2.75, 3.05) is 19.0 Å². The average molecular weight is 333 g/mol. The molecule has 0 saturated heterocycles. The molecule has 3 rings (SSSR count). The Morgan fingerprint density at radius 2 is 1.88 bits per heavy atom. The van der Waals surface area contributed by atoms with E-state index in [2.05, 4.69) is 47.2 Å². The predicted molar refractivity (Wildman–Crippen MR) is 102 cm³/mol. The lowest BCUT2D eigenvalue weighted by molar-refractivity contribution is 0.112. The van der Waals surface area contributed by atoms with E-state index in [9.17, 15) is 4.79 Å². The number of benzene rings is 2. The van der Waals surface area contributed by atoms with Gasteiger partial charge in [-0.2, -0.15) is 0 Å². The average Bonchev–Trinajstić information content (AvgIpc) is 3.16. The lowest BCUT2D eigenvalue weighted by Crippen LogP contribution is -2.11. The third-order valence-electron chi connectivity index (χ3n) is 4.37. The molecule has 0 unspecified atom stereocenters. The molecule has 3 aromatic rings. The third-order valence-corrected chi connectivity index (χ3v) is 4.37. The minimum atomic E-state index is 0.725. The summed E-state index contributed by atoms with van der Waals surface area (Å²) >= 11 is 0. The van der Waals surface area contributed by atoms with E-state index in [4.69, 9.17) is 0 Å². The van der Waals surface area contributed by atoms with Gasteiger partial charge in [-0.25, -0.2) is 4.98 Å². The highest BCUT2D eigenvalue weighted by atomic mass is 16.1. The van der Waals surface area contributed by atoms with E-state index < -0.39 is 0 Å². The van der Waals surface area contributed by atoms with Gasteiger partial charge >= 0.3 is 0 Å². The Bertz CT molecular complexity index is 821. The molecule has 128 valence electrons. The van der Waals surface area contributed by atoms with Crippen molar-refractivity contribution in [3.8, 4) is 11.4 Å². The topological polar surface area (TPSA) is 49.0 Å². The van der Waals surface area contributed by atoms with E-state index >= 15 is 0 Å². The number of hydrogen-bond acceptors (Lipinski definition) is 3. The Morgan fingerprint density at radius 1 is 1.08 bits per heavy atom. The Kier molecular flexibility index (Phi) is 5.29. The molecule has 0 aliphatic heterocycles. The van der Waals surface area contributed by atoms with Gasteiger partial charge in [-0.1, -0.05) is 36.4 Å². The molecule has 0 atom stereocenters. The minimum absolute atomic E-state index is 0.725. The first kappa shape index (κ1) is 17.0. The molecular weight excluding hydrogens is 310 g/mol. The van der Waals surface area contributed by atoms with Crippen LogP contribution in [0.4, 0.5) is 5.69 Å². The van der Waals surface area contributed by atoms with Gasteiger partial charge in [-0.15, -0.1) is 0 Å². The standard InChI is InChI=1S/C21H23N3O/c1-24(2)19-8-4-7-18(20(19)21-22-13-14-23-21)6-3-5-16-9-11-17(15-25)12-10-16/h4,7-15H,3,5-6H2,1-2H3,(H,22,23). The Morgan fingerprint density at radius 3 is 2.52 bits per heavy atom. The fourth-order valence-corrected chi connectivity index (χ4v) is 3.09. The molecule has 2 aromatic carbocycles. The molecule has 1 N–H and O–H groups in total. The van der Waals surface area contributed by atoms with Gasteiger partial charge in [0.1, 0.15) is 12.1 Å². The summed E-state index contributed by atoms with van der Waals surface area (Å²) in [5, 5.41) is 0. The number of aryl methyl sites for hydroxylation is 2. The summed E-state index contributed by atoms with van der Waals surface area (Å²) in [5.41, 5.74) is 5.62. The molecule has 0 saturated carbocycles. The van der Waals surface area contributed by atoms with Crippen molar-refractivity contribution in [1.82, 2.24) is 9.97 Å². The van der Waals surface area contributed by atoms with Crippen molar-refractivity contribution in [2.45, 2.75) is 19.3 Å². The summed E-state index contributed by atoms with van der Waals surface area (Å²) in [5.74, 6) is 0.912. The van der Waals surface area contributed by atoms with E-state index in [1.165, 1.54) is 22.4 Å². The van der Waals surface area contributed by atoms with Gasteiger partial charge in [0.25, 0.3) is 0 Å². The second-order valence-corrected chi connectivity index (χ2v) is 6.36. The van der Waals surface area contributed by atoms with Crippen molar-refractivity contribution in [1.29, 1.82) is 0 Å². The van der Waals surface area contributed by atoms with Gasteiger partial charge in [-0.05, 0) is 36.5 Å². The van der Waals surface area contributed by atoms with Crippen molar-refractivity contribution in [3.05, 3.63) is 71.5 Å². The van der Waals surface area contributed by atoms with Crippen molar-refractivity contribution < 1.29 is 4.79 Å². The van der Waals surface area contributed by atoms with E-state index in [0.29, 0.717) is 0 Å². The number of aromatic nitrogens is 2. The Hall–Kier alpha value is -2.88. The van der Waals surface area contributed by atoms with Crippen LogP contribution in [0.5, 0.6) is 0 Å². The van der Waals surface area contributed by atoms with Gasteiger partial charge in [0.05, 0.1) is 0 Å². The summed E-state index contributed by atoms with van der Waals surface area (Å²) in [6.07, 6.45) is 7.55. The van der Waals surface area contributed by atoms with E-state index in [0.717, 1.165) is 36.9 Å². The summed E-state index contributed by atoms with van der Waals surface area (Å²) in [7, 11) is 4.11. The first-order valence-corrected chi connectivity index (χ1v) is 8.52. The molecule has 1 heterocycles. The molecule has 25 heavy (non-hydrogen) atoms. The molecule has 0 spiro atoms. The first-order valence-electron chi connectivity index (χ1n) is 8.52. The lowest BCUT2D eigenvalue weighted by atomic mass is 9.97. The van der Waals surface area contributed by atoms with Gasteiger partial charge in [0.15, 0.2) is 0 Å². The molecule has 0 aliphatic carbocycles. The quantitative estimate of drug-likeness (QED) is 0.661. The third kappa shape index (κ3) is 3.97. The Balaban J connectivity index is 1.77. The van der Waals surface area contributed by atoms with Gasteiger partial charge in [0.2, 0.25) is 0 Å². The molecule has 0 fully saturated rings. The number of imidazole rings is 1. The summed E-state index contributed by atoms with van der Waals surface area (Å²) in [6.45, 7) is 0. The van der Waals surface area contributed by atoms with Crippen LogP contribution in [0.3, 0.4) is 0 Å². The number of anilines is 1. The van der Waals surface area contributed by atoms with E-state index in [1.54, 1.807) is 6.20 Å². The molecule has 0 amide bonds. The maximum Gasteiger partial charge on any atom is 0.150 e. The normalized spacial score (nSPS) is 10.6. The SMILES string of the molecule is CN(C)c1cccc(CCCc2ccc(C=O)cc2)c1-c1ncc[nH]1. The zero-order chi connectivity index (χ0) is 17.6. The fraction of sp³-hybridized carbons (Fsp3) is 0.238. The first-order chi connectivity index (χ1) is 12.2. The van der Waals surface area contributed by atoms with Crippen molar-refractivity contribution in [2.24, 2.45) is 0 Å². The van der Waals surface area contributed by atoms with Gasteiger partial charge in [-0.3, -0.25) is 4.79 Å². The zero-order valence-electron chi connectivity index (χ0n) is 14.7. The number of rotatable bonds is 7. The van der Waals surface area contributed by atoms with Crippen LogP contribution in [0, 0.1) is 0 Å². The number of carbonyl (C=O) groups is 1. The van der Waals surface area contributed by atoms with Crippen LogP contribution in [-0.2, 0) is 12.8 Å². The van der Waals surface area contributed by atoms with Crippen LogP contribution in [0.25, 0.3) is 11.4 Å². The second-order valence-electron chi connectivity index (χ2n) is 6.36. The van der Waals surface area contributed by atoms with Gasteiger partial charge < -0.3 is 9.88 Å². The molecule has 0 radical (unpaired) electrons. The maximum atomic E-state index is 10.7. The van der Waals surface area contributed by atoms with E-state index in [1.807, 2.05) is 30.5 Å². The number of carbonyl (C=O) groups excluding carboxylic acids is 1. The van der Waals surface area contributed by atoms with Crippen LogP contribution in [-0.4, -0.2) is 30.3 Å². The molecular formula is C21H23N3O. The van der Waals surface area contributed by atoms with Crippen LogP contribution < -0.4 is 4.90 Å². The largest absolute Gasteiger partial charge is 0.377 e. The number of hydrogen-bond donors (Lipinski definition) is 1. The van der Waals surface area contributed by atoms with Crippen LogP contribution >= 0.6 is 0 Å². The highest BCUT2D eigenvalue weighted by molar-refractivity contribution is 5.77. The summed E-state index contributed by atoms with van der Waals surface area (Å²) in [6, 6.07) is 14.2. The predicted octanol–water partition coefficient (Wildman–Crippen LogP) is 4.13. The van der Waals surface area contributed by atoms with Crippen molar-refractivity contribution >= 4 is 12.0 Å². The van der Waals surface area contributed by atoms with Crippen LogP contribution in [0.1, 0.15) is 27.9 Å². The number of nitrogens with zero attached hydrogens (tertiary/aromatic N) is 2.